The quantitative estimate of drug-likeness (QED) is 0.915. The third-order valence-corrected chi connectivity index (χ3v) is 5.70. The maximum absolute atomic E-state index is 12.2. The topological polar surface area (TPSA) is 49.0 Å². The fourth-order valence-corrected chi connectivity index (χ4v) is 4.43. The van der Waals surface area contributed by atoms with Crippen molar-refractivity contribution in [3.63, 3.8) is 0 Å². The van der Waals surface area contributed by atoms with Crippen molar-refractivity contribution in [3.8, 4) is 0 Å². The molecule has 2 heterocycles. The van der Waals surface area contributed by atoms with Crippen molar-refractivity contribution < 1.29 is 0 Å². The van der Waals surface area contributed by atoms with Gasteiger partial charge in [0.25, 0.3) is 5.56 Å². The number of H-pyrrole nitrogens is 1. The number of hydrogen-bond acceptors (Lipinski definition) is 3. The Balaban J connectivity index is 1.54. The van der Waals surface area contributed by atoms with E-state index in [4.69, 9.17) is 11.6 Å². The van der Waals surface area contributed by atoms with Gasteiger partial charge in [0.05, 0.1) is 17.4 Å². The molecule has 1 aliphatic heterocycles. The van der Waals surface area contributed by atoms with Crippen LogP contribution < -0.4 is 5.56 Å². The van der Waals surface area contributed by atoms with E-state index in [1.54, 1.807) is 18.2 Å². The lowest BCUT2D eigenvalue weighted by molar-refractivity contribution is 0.0803. The average molecular weight is 332 g/mol. The Bertz CT molecular complexity index is 772. The SMILES string of the molecule is O=c1[nH]c(CN2CC[C@@H]3CCCC[C@@H]3C2)nc2cc(Cl)ccc12. The van der Waals surface area contributed by atoms with Crippen molar-refractivity contribution in [1.29, 1.82) is 0 Å². The Morgan fingerprint density at radius 1 is 1.22 bits per heavy atom. The third kappa shape index (κ3) is 3.15. The fraction of sp³-hybridized carbons (Fsp3) is 0.556. The fourth-order valence-electron chi connectivity index (χ4n) is 4.27. The predicted molar refractivity (Wildman–Crippen MR) is 92.7 cm³/mol. The minimum Gasteiger partial charge on any atom is -0.309 e. The Kier molecular flexibility index (Phi) is 4.12. The first kappa shape index (κ1) is 15.2. The summed E-state index contributed by atoms with van der Waals surface area (Å²) < 4.78 is 0. The number of likely N-dealkylation sites (tertiary alicyclic amines) is 1. The number of piperidine rings is 1. The Morgan fingerprint density at radius 3 is 2.91 bits per heavy atom. The lowest BCUT2D eigenvalue weighted by atomic mass is 9.75. The van der Waals surface area contributed by atoms with E-state index in [0.717, 1.165) is 37.3 Å². The van der Waals surface area contributed by atoms with Crippen molar-refractivity contribution in [2.45, 2.75) is 38.6 Å². The second-order valence-electron chi connectivity index (χ2n) is 7.00. The number of rotatable bonds is 2. The molecule has 2 fully saturated rings. The minimum absolute atomic E-state index is 0.0748. The molecule has 2 aromatic rings. The van der Waals surface area contributed by atoms with Crippen LogP contribution in [0.1, 0.15) is 37.9 Å². The van der Waals surface area contributed by atoms with E-state index in [1.165, 1.54) is 32.1 Å². The summed E-state index contributed by atoms with van der Waals surface area (Å²) in [6.45, 7) is 2.97. The van der Waals surface area contributed by atoms with Gasteiger partial charge in [-0.2, -0.15) is 0 Å². The smallest absolute Gasteiger partial charge is 0.258 e. The molecule has 2 aliphatic rings. The van der Waals surface area contributed by atoms with Gasteiger partial charge in [0.1, 0.15) is 5.82 Å². The zero-order valence-electron chi connectivity index (χ0n) is 13.2. The Hall–Kier alpha value is -1.39. The molecule has 1 saturated heterocycles. The first-order valence-corrected chi connectivity index (χ1v) is 8.97. The molecule has 5 heteroatoms. The summed E-state index contributed by atoms with van der Waals surface area (Å²) in [5.74, 6) is 2.50. The lowest BCUT2D eigenvalue weighted by Crippen LogP contribution is -2.41. The molecule has 1 aromatic carbocycles. The monoisotopic (exact) mass is 331 g/mol. The van der Waals surface area contributed by atoms with Crippen LogP contribution in [-0.4, -0.2) is 28.0 Å². The molecular formula is C18H22ClN3O. The molecule has 23 heavy (non-hydrogen) atoms. The van der Waals surface area contributed by atoms with Gasteiger partial charge in [-0.05, 0) is 49.4 Å². The van der Waals surface area contributed by atoms with Gasteiger partial charge in [0.15, 0.2) is 0 Å². The Labute approximate surface area is 140 Å². The first-order valence-electron chi connectivity index (χ1n) is 8.60. The zero-order chi connectivity index (χ0) is 15.8. The maximum atomic E-state index is 12.2. The number of halogens is 1. The normalized spacial score (nSPS) is 25.4. The van der Waals surface area contributed by atoms with Crippen molar-refractivity contribution in [2.75, 3.05) is 13.1 Å². The van der Waals surface area contributed by atoms with E-state index >= 15 is 0 Å². The number of nitrogens with one attached hydrogen (secondary N) is 1. The van der Waals surface area contributed by atoms with Crippen molar-refractivity contribution in [3.05, 3.63) is 39.4 Å². The van der Waals surface area contributed by atoms with Crippen LogP contribution in [0.5, 0.6) is 0 Å². The third-order valence-electron chi connectivity index (χ3n) is 5.47. The molecule has 2 atom stereocenters. The second-order valence-corrected chi connectivity index (χ2v) is 7.44. The molecule has 0 amide bonds. The largest absolute Gasteiger partial charge is 0.309 e. The molecule has 0 unspecified atom stereocenters. The van der Waals surface area contributed by atoms with Crippen molar-refractivity contribution >= 4 is 22.5 Å². The van der Waals surface area contributed by atoms with Gasteiger partial charge >= 0.3 is 0 Å². The summed E-state index contributed by atoms with van der Waals surface area (Å²) in [6.07, 6.45) is 6.83. The Morgan fingerprint density at radius 2 is 2.04 bits per heavy atom. The highest BCUT2D eigenvalue weighted by Crippen LogP contribution is 2.36. The molecular weight excluding hydrogens is 310 g/mol. The average Bonchev–Trinajstić information content (AvgIpc) is 2.54. The number of nitrogens with zero attached hydrogens (tertiary/aromatic N) is 2. The molecule has 4 rings (SSSR count). The van der Waals surface area contributed by atoms with Gasteiger partial charge in [-0.25, -0.2) is 4.98 Å². The molecule has 4 nitrogen and oxygen atoms in total. The summed E-state index contributed by atoms with van der Waals surface area (Å²) in [4.78, 5) is 22.2. The van der Waals surface area contributed by atoms with E-state index in [-0.39, 0.29) is 5.56 Å². The van der Waals surface area contributed by atoms with Gasteiger partial charge in [-0.3, -0.25) is 9.69 Å². The summed E-state index contributed by atoms with van der Waals surface area (Å²) in [5.41, 5.74) is 0.609. The highest BCUT2D eigenvalue weighted by Gasteiger charge is 2.31. The summed E-state index contributed by atoms with van der Waals surface area (Å²) in [7, 11) is 0. The minimum atomic E-state index is -0.0748. The zero-order valence-corrected chi connectivity index (χ0v) is 14.0. The molecule has 1 N–H and O–H groups in total. The van der Waals surface area contributed by atoms with Gasteiger partial charge < -0.3 is 4.98 Å². The maximum Gasteiger partial charge on any atom is 0.258 e. The van der Waals surface area contributed by atoms with Crippen LogP contribution in [0.4, 0.5) is 0 Å². The molecule has 0 bridgehead atoms. The number of fused-ring (bicyclic) bond motifs is 2. The van der Waals surface area contributed by atoms with E-state index in [2.05, 4.69) is 14.9 Å². The van der Waals surface area contributed by atoms with Gasteiger partial charge in [0.2, 0.25) is 0 Å². The number of aromatic nitrogens is 2. The first-order chi connectivity index (χ1) is 11.2. The molecule has 0 spiro atoms. The highest BCUT2D eigenvalue weighted by atomic mass is 35.5. The molecule has 1 aromatic heterocycles. The highest BCUT2D eigenvalue weighted by molar-refractivity contribution is 6.31. The summed E-state index contributed by atoms with van der Waals surface area (Å²) in [6, 6.07) is 5.23. The molecule has 0 radical (unpaired) electrons. The number of hydrogen-bond donors (Lipinski definition) is 1. The molecule has 1 saturated carbocycles. The lowest BCUT2D eigenvalue weighted by Gasteiger charge is -2.41. The van der Waals surface area contributed by atoms with Gasteiger partial charge in [0, 0.05) is 11.6 Å². The van der Waals surface area contributed by atoms with Crippen LogP contribution in [0.2, 0.25) is 5.02 Å². The van der Waals surface area contributed by atoms with Gasteiger partial charge in [-0.1, -0.05) is 30.9 Å². The van der Waals surface area contributed by atoms with E-state index in [0.29, 0.717) is 15.9 Å². The van der Waals surface area contributed by atoms with Crippen LogP contribution in [0, 0.1) is 11.8 Å². The van der Waals surface area contributed by atoms with E-state index in [1.807, 2.05) is 0 Å². The number of benzene rings is 1. The predicted octanol–water partition coefficient (Wildman–Crippen LogP) is 3.59. The molecule has 1 aliphatic carbocycles. The van der Waals surface area contributed by atoms with Gasteiger partial charge in [-0.15, -0.1) is 0 Å². The number of aromatic amines is 1. The van der Waals surface area contributed by atoms with Crippen molar-refractivity contribution in [1.82, 2.24) is 14.9 Å². The van der Waals surface area contributed by atoms with Crippen LogP contribution >= 0.6 is 11.6 Å². The second kappa shape index (κ2) is 6.25. The summed E-state index contributed by atoms with van der Waals surface area (Å²) >= 11 is 6.03. The van der Waals surface area contributed by atoms with Crippen LogP contribution in [0.15, 0.2) is 23.0 Å². The summed E-state index contributed by atoms with van der Waals surface area (Å²) in [5, 5.41) is 1.22. The van der Waals surface area contributed by atoms with Crippen molar-refractivity contribution in [2.24, 2.45) is 11.8 Å². The van der Waals surface area contributed by atoms with E-state index < -0.39 is 0 Å². The van der Waals surface area contributed by atoms with Crippen LogP contribution in [0.25, 0.3) is 10.9 Å². The van der Waals surface area contributed by atoms with Crippen LogP contribution in [0.3, 0.4) is 0 Å². The standard InChI is InChI=1S/C18H22ClN3O/c19-14-5-6-15-16(9-14)20-17(21-18(15)23)11-22-8-7-12-3-1-2-4-13(12)10-22/h5-6,9,12-13H,1-4,7-8,10-11H2,(H,20,21,23)/t12-,13+/m0/s1. The molecule has 122 valence electrons. The van der Waals surface area contributed by atoms with E-state index in [9.17, 15) is 4.79 Å². The van der Waals surface area contributed by atoms with Crippen LogP contribution in [-0.2, 0) is 6.54 Å².